The summed E-state index contributed by atoms with van der Waals surface area (Å²) in [5.41, 5.74) is 3.65. The summed E-state index contributed by atoms with van der Waals surface area (Å²) in [6, 6.07) is 19.4. The molecule has 1 atom stereocenters. The Bertz CT molecular complexity index is 1130. The first-order valence-corrected chi connectivity index (χ1v) is 10.3. The van der Waals surface area contributed by atoms with E-state index in [-0.39, 0.29) is 11.0 Å². The monoisotopic (exact) mass is 403 g/mol. The fraction of sp³-hybridized carbons (Fsp3) is 0.174. The minimum atomic E-state index is -0.303. The number of furan rings is 1. The number of hydrogen-bond acceptors (Lipinski definition) is 5. The lowest BCUT2D eigenvalue weighted by Crippen LogP contribution is -2.14. The van der Waals surface area contributed by atoms with Crippen molar-refractivity contribution in [2.45, 2.75) is 31.2 Å². The number of carbonyl (C=O) groups excluding carboxylic acids is 1. The SMILES string of the molecule is Cc1ccc(C(=O)C(C)Sc2nnc(-c3ccoc3C)n2-c2ccccc2)cc1. The molecular formula is C23H21N3O2S. The van der Waals surface area contributed by atoms with Crippen LogP contribution in [-0.4, -0.2) is 25.8 Å². The first-order valence-electron chi connectivity index (χ1n) is 9.37. The van der Waals surface area contributed by atoms with Crippen molar-refractivity contribution in [3.8, 4) is 17.1 Å². The molecule has 0 saturated carbocycles. The van der Waals surface area contributed by atoms with Gasteiger partial charge in [0.25, 0.3) is 0 Å². The third kappa shape index (κ3) is 3.89. The second kappa shape index (κ2) is 8.09. The van der Waals surface area contributed by atoms with Crippen molar-refractivity contribution < 1.29 is 9.21 Å². The molecule has 29 heavy (non-hydrogen) atoms. The third-order valence-corrected chi connectivity index (χ3v) is 5.78. The zero-order chi connectivity index (χ0) is 20.4. The molecule has 0 fully saturated rings. The summed E-state index contributed by atoms with van der Waals surface area (Å²) in [5.74, 6) is 1.54. The molecule has 6 heteroatoms. The molecule has 0 amide bonds. The minimum absolute atomic E-state index is 0.0682. The minimum Gasteiger partial charge on any atom is -0.469 e. The average molecular weight is 404 g/mol. The van der Waals surface area contributed by atoms with Crippen LogP contribution in [0.1, 0.15) is 28.6 Å². The number of benzene rings is 2. The van der Waals surface area contributed by atoms with Crippen LogP contribution in [0.25, 0.3) is 17.1 Å². The number of nitrogens with zero attached hydrogens (tertiary/aromatic N) is 3. The van der Waals surface area contributed by atoms with Gasteiger partial charge in [-0.3, -0.25) is 9.36 Å². The number of ketones is 1. The molecule has 0 spiro atoms. The van der Waals surface area contributed by atoms with Crippen LogP contribution < -0.4 is 0 Å². The lowest BCUT2D eigenvalue weighted by Gasteiger charge is -2.13. The summed E-state index contributed by atoms with van der Waals surface area (Å²) in [6.07, 6.45) is 1.64. The number of para-hydroxylation sites is 1. The Hall–Kier alpha value is -3.12. The van der Waals surface area contributed by atoms with Gasteiger partial charge >= 0.3 is 0 Å². The van der Waals surface area contributed by atoms with Crippen molar-refractivity contribution >= 4 is 17.5 Å². The normalized spacial score (nSPS) is 12.1. The zero-order valence-electron chi connectivity index (χ0n) is 16.5. The van der Waals surface area contributed by atoms with E-state index in [2.05, 4.69) is 10.2 Å². The molecule has 0 aliphatic carbocycles. The average Bonchev–Trinajstić information content (AvgIpc) is 3.34. The molecule has 5 nitrogen and oxygen atoms in total. The van der Waals surface area contributed by atoms with Gasteiger partial charge in [-0.2, -0.15) is 0 Å². The molecule has 2 heterocycles. The first kappa shape index (κ1) is 19.2. The maximum Gasteiger partial charge on any atom is 0.196 e. The predicted octanol–water partition coefficient (Wildman–Crippen LogP) is 5.51. The van der Waals surface area contributed by atoms with Gasteiger partial charge in [-0.1, -0.05) is 59.8 Å². The largest absolute Gasteiger partial charge is 0.469 e. The molecule has 0 aliphatic rings. The highest BCUT2D eigenvalue weighted by Gasteiger charge is 2.23. The van der Waals surface area contributed by atoms with E-state index in [1.807, 2.05) is 86.0 Å². The van der Waals surface area contributed by atoms with Crippen LogP contribution in [0.2, 0.25) is 0 Å². The van der Waals surface area contributed by atoms with Gasteiger partial charge in [0.05, 0.1) is 17.1 Å². The first-order chi connectivity index (χ1) is 14.0. The van der Waals surface area contributed by atoms with E-state index >= 15 is 0 Å². The summed E-state index contributed by atoms with van der Waals surface area (Å²) < 4.78 is 7.44. The van der Waals surface area contributed by atoms with Crippen molar-refractivity contribution in [2.24, 2.45) is 0 Å². The Morgan fingerprint density at radius 3 is 2.38 bits per heavy atom. The molecule has 2 aromatic heterocycles. The van der Waals surface area contributed by atoms with Gasteiger partial charge in [-0.05, 0) is 39.0 Å². The Labute approximate surface area is 173 Å². The molecule has 0 aliphatic heterocycles. The molecule has 0 radical (unpaired) electrons. The molecule has 1 unspecified atom stereocenters. The van der Waals surface area contributed by atoms with Gasteiger partial charge in [0.2, 0.25) is 0 Å². The van der Waals surface area contributed by atoms with E-state index in [1.54, 1.807) is 6.26 Å². The Morgan fingerprint density at radius 1 is 1.00 bits per heavy atom. The van der Waals surface area contributed by atoms with E-state index in [4.69, 9.17) is 4.42 Å². The summed E-state index contributed by atoms with van der Waals surface area (Å²) >= 11 is 1.41. The second-order valence-electron chi connectivity index (χ2n) is 6.86. The van der Waals surface area contributed by atoms with Crippen LogP contribution in [0, 0.1) is 13.8 Å². The fourth-order valence-corrected chi connectivity index (χ4v) is 4.06. The van der Waals surface area contributed by atoms with Crippen molar-refractivity contribution in [2.75, 3.05) is 0 Å². The van der Waals surface area contributed by atoms with Crippen molar-refractivity contribution in [3.05, 3.63) is 83.8 Å². The van der Waals surface area contributed by atoms with Crippen LogP contribution in [0.4, 0.5) is 0 Å². The van der Waals surface area contributed by atoms with E-state index in [9.17, 15) is 4.79 Å². The van der Waals surface area contributed by atoms with Gasteiger partial charge in [-0.15, -0.1) is 10.2 Å². The highest BCUT2D eigenvalue weighted by Crippen LogP contribution is 2.32. The second-order valence-corrected chi connectivity index (χ2v) is 8.17. The molecule has 2 aromatic carbocycles. The van der Waals surface area contributed by atoms with Gasteiger partial charge in [-0.25, -0.2) is 0 Å². The van der Waals surface area contributed by atoms with E-state index in [0.717, 1.165) is 22.6 Å². The lowest BCUT2D eigenvalue weighted by molar-refractivity contribution is 0.0994. The summed E-state index contributed by atoms with van der Waals surface area (Å²) in [5, 5.41) is 9.18. The smallest absolute Gasteiger partial charge is 0.196 e. The topological polar surface area (TPSA) is 60.9 Å². The fourth-order valence-electron chi connectivity index (χ4n) is 3.11. The standard InChI is InChI=1S/C23H21N3O2S/c1-15-9-11-18(12-10-15)21(27)17(3)29-23-25-24-22(20-13-14-28-16(20)2)26(23)19-7-5-4-6-8-19/h4-14,17H,1-3H3. The van der Waals surface area contributed by atoms with Crippen LogP contribution in [0.5, 0.6) is 0 Å². The number of carbonyl (C=O) groups is 1. The lowest BCUT2D eigenvalue weighted by atomic mass is 10.1. The molecule has 4 rings (SSSR count). The maximum atomic E-state index is 12.9. The predicted molar refractivity (Wildman–Crippen MR) is 115 cm³/mol. The summed E-state index contributed by atoms with van der Waals surface area (Å²) in [4.78, 5) is 12.9. The Kier molecular flexibility index (Phi) is 5.36. The van der Waals surface area contributed by atoms with E-state index in [1.165, 1.54) is 11.8 Å². The molecular weight excluding hydrogens is 382 g/mol. The molecule has 0 N–H and O–H groups in total. The van der Waals surface area contributed by atoms with Crippen LogP contribution in [-0.2, 0) is 0 Å². The van der Waals surface area contributed by atoms with Crippen LogP contribution in [0.3, 0.4) is 0 Å². The van der Waals surface area contributed by atoms with E-state index in [0.29, 0.717) is 16.5 Å². The number of hydrogen-bond donors (Lipinski definition) is 0. The van der Waals surface area contributed by atoms with Gasteiger partial charge in [0.1, 0.15) is 5.76 Å². The molecule has 4 aromatic rings. The number of rotatable bonds is 6. The summed E-state index contributed by atoms with van der Waals surface area (Å²) in [6.45, 7) is 5.81. The molecule has 0 bridgehead atoms. The number of thioether (sulfide) groups is 1. The number of aromatic nitrogens is 3. The van der Waals surface area contributed by atoms with E-state index < -0.39 is 0 Å². The quantitative estimate of drug-likeness (QED) is 0.314. The third-order valence-electron chi connectivity index (χ3n) is 4.73. The highest BCUT2D eigenvalue weighted by molar-refractivity contribution is 8.00. The summed E-state index contributed by atoms with van der Waals surface area (Å²) in [7, 11) is 0. The number of Topliss-reactive ketones (excluding diaryl/α,β-unsaturated/α-hetero) is 1. The molecule has 0 saturated heterocycles. The highest BCUT2D eigenvalue weighted by atomic mass is 32.2. The van der Waals surface area contributed by atoms with Crippen molar-refractivity contribution in [3.63, 3.8) is 0 Å². The van der Waals surface area contributed by atoms with Gasteiger partial charge in [0.15, 0.2) is 16.8 Å². The van der Waals surface area contributed by atoms with Crippen molar-refractivity contribution in [1.82, 2.24) is 14.8 Å². The van der Waals surface area contributed by atoms with Crippen LogP contribution >= 0.6 is 11.8 Å². The Morgan fingerprint density at radius 2 is 1.72 bits per heavy atom. The maximum absolute atomic E-state index is 12.9. The van der Waals surface area contributed by atoms with Crippen LogP contribution in [0.15, 0.2) is 76.5 Å². The number of aryl methyl sites for hydroxylation is 2. The Balaban J connectivity index is 1.70. The molecule has 146 valence electrons. The van der Waals surface area contributed by atoms with Crippen molar-refractivity contribution in [1.29, 1.82) is 0 Å². The van der Waals surface area contributed by atoms with Gasteiger partial charge < -0.3 is 4.42 Å². The van der Waals surface area contributed by atoms with Gasteiger partial charge in [0, 0.05) is 11.3 Å². The zero-order valence-corrected chi connectivity index (χ0v) is 17.3.